The quantitative estimate of drug-likeness (QED) is 0.550. The number of carbonyl (C=O) groups is 1. The lowest BCUT2D eigenvalue weighted by Crippen LogP contribution is -2.25. The van der Waals surface area contributed by atoms with Crippen LogP contribution in [0.4, 0.5) is 5.69 Å². The topological polar surface area (TPSA) is 119 Å². The second-order valence-electron chi connectivity index (χ2n) is 4.59. The van der Waals surface area contributed by atoms with Crippen LogP contribution in [-0.4, -0.2) is 46.5 Å². The molecule has 1 rings (SSSR count). The molecule has 8 nitrogen and oxygen atoms in total. The second-order valence-corrected chi connectivity index (χ2v) is 4.59. The van der Waals surface area contributed by atoms with Crippen molar-refractivity contribution in [2.45, 2.75) is 26.1 Å². The van der Waals surface area contributed by atoms with Gasteiger partial charge in [-0.25, -0.2) is 4.79 Å². The highest BCUT2D eigenvalue weighted by Crippen LogP contribution is 2.24. The lowest BCUT2D eigenvalue weighted by molar-refractivity contribution is -0.384. The molecule has 116 valence electrons. The van der Waals surface area contributed by atoms with E-state index in [1.165, 1.54) is 6.07 Å². The van der Waals surface area contributed by atoms with Crippen LogP contribution in [0.3, 0.4) is 0 Å². The zero-order valence-electron chi connectivity index (χ0n) is 11.7. The fourth-order valence-electron chi connectivity index (χ4n) is 1.46. The summed E-state index contributed by atoms with van der Waals surface area (Å²) >= 11 is 0. The van der Waals surface area contributed by atoms with E-state index in [0.717, 1.165) is 12.1 Å². The van der Waals surface area contributed by atoms with E-state index >= 15 is 0 Å². The summed E-state index contributed by atoms with van der Waals surface area (Å²) in [5, 5.41) is 29.3. The highest BCUT2D eigenvalue weighted by molar-refractivity contribution is 5.91. The molecule has 1 aromatic carbocycles. The number of benzene rings is 1. The molecule has 0 radical (unpaired) electrons. The molecule has 0 saturated carbocycles. The van der Waals surface area contributed by atoms with Crippen molar-refractivity contribution in [2.75, 3.05) is 13.2 Å². The zero-order chi connectivity index (χ0) is 16.0. The maximum atomic E-state index is 11.1. The number of hydrogen-bond donors (Lipinski definition) is 2. The molecule has 0 saturated heterocycles. The van der Waals surface area contributed by atoms with Gasteiger partial charge in [-0.1, -0.05) is 0 Å². The van der Waals surface area contributed by atoms with Crippen LogP contribution in [0.25, 0.3) is 0 Å². The minimum absolute atomic E-state index is 0.0447. The number of aromatic carboxylic acids is 1. The number of aliphatic hydroxyl groups is 1. The van der Waals surface area contributed by atoms with Crippen molar-refractivity contribution in [3.8, 4) is 5.75 Å². The number of nitro groups is 1. The molecule has 8 heteroatoms. The lowest BCUT2D eigenvalue weighted by atomic mass is 10.2. The molecule has 0 fully saturated rings. The molecule has 0 spiro atoms. The minimum Gasteiger partial charge on any atom is -0.490 e. The van der Waals surface area contributed by atoms with E-state index in [-0.39, 0.29) is 36.3 Å². The van der Waals surface area contributed by atoms with E-state index < -0.39 is 17.0 Å². The van der Waals surface area contributed by atoms with Gasteiger partial charge in [0, 0.05) is 12.1 Å². The van der Waals surface area contributed by atoms with E-state index in [4.69, 9.17) is 14.6 Å². The van der Waals surface area contributed by atoms with Gasteiger partial charge in [-0.3, -0.25) is 10.1 Å². The third-order valence-corrected chi connectivity index (χ3v) is 2.46. The average Bonchev–Trinajstić information content (AvgIpc) is 2.42. The number of nitrogens with zero attached hydrogens (tertiary/aromatic N) is 1. The first-order chi connectivity index (χ1) is 9.81. The summed E-state index contributed by atoms with van der Waals surface area (Å²) in [6.07, 6.45) is -0.974. The first kappa shape index (κ1) is 16.9. The van der Waals surface area contributed by atoms with Gasteiger partial charge in [-0.05, 0) is 19.9 Å². The van der Waals surface area contributed by atoms with Gasteiger partial charge in [0.25, 0.3) is 5.69 Å². The highest BCUT2D eigenvalue weighted by atomic mass is 16.6. The van der Waals surface area contributed by atoms with Crippen LogP contribution in [0, 0.1) is 10.1 Å². The molecular weight excluding hydrogens is 282 g/mol. The molecule has 0 bridgehead atoms. The molecule has 0 aliphatic carbocycles. The number of nitro benzene ring substituents is 1. The fourth-order valence-corrected chi connectivity index (χ4v) is 1.46. The normalized spacial score (nSPS) is 12.2. The van der Waals surface area contributed by atoms with E-state index in [0.29, 0.717) is 0 Å². The molecule has 1 atom stereocenters. The van der Waals surface area contributed by atoms with Crippen LogP contribution in [0.5, 0.6) is 5.75 Å². The maximum absolute atomic E-state index is 11.1. The van der Waals surface area contributed by atoms with Gasteiger partial charge >= 0.3 is 5.97 Å². The monoisotopic (exact) mass is 299 g/mol. The molecule has 2 N–H and O–H groups in total. The van der Waals surface area contributed by atoms with Crippen molar-refractivity contribution in [3.05, 3.63) is 33.9 Å². The summed E-state index contributed by atoms with van der Waals surface area (Å²) in [4.78, 5) is 21.0. The van der Waals surface area contributed by atoms with Crippen LogP contribution < -0.4 is 4.74 Å². The van der Waals surface area contributed by atoms with Crippen LogP contribution >= 0.6 is 0 Å². The predicted octanol–water partition coefficient (Wildman–Crippen LogP) is 1.46. The van der Waals surface area contributed by atoms with E-state index in [1.54, 1.807) is 0 Å². The molecule has 0 amide bonds. The molecule has 0 aliphatic heterocycles. The summed E-state index contributed by atoms with van der Waals surface area (Å²) in [7, 11) is 0. The Kier molecular flexibility index (Phi) is 6.07. The fraction of sp³-hybridized carbons (Fsp3) is 0.462. The Morgan fingerprint density at radius 2 is 2.05 bits per heavy atom. The second kappa shape index (κ2) is 7.55. The van der Waals surface area contributed by atoms with Crippen LogP contribution in [-0.2, 0) is 4.74 Å². The largest absolute Gasteiger partial charge is 0.490 e. The Labute approximate surface area is 121 Å². The molecule has 21 heavy (non-hydrogen) atoms. The predicted molar refractivity (Wildman–Crippen MR) is 72.6 cm³/mol. The Hall–Kier alpha value is -2.19. The summed E-state index contributed by atoms with van der Waals surface area (Å²) in [6, 6.07) is 3.24. The Morgan fingerprint density at radius 3 is 2.57 bits per heavy atom. The standard InChI is InChI=1S/C13H17NO7/c1-8(2)20-6-10(15)7-21-12-4-3-9(14(18)19)5-11(12)13(16)17/h3-5,8,10,15H,6-7H2,1-2H3,(H,16,17). The van der Waals surface area contributed by atoms with Crippen molar-refractivity contribution in [1.82, 2.24) is 0 Å². The third-order valence-electron chi connectivity index (χ3n) is 2.46. The summed E-state index contributed by atoms with van der Waals surface area (Å²) in [5.74, 6) is -1.39. The maximum Gasteiger partial charge on any atom is 0.339 e. The summed E-state index contributed by atoms with van der Waals surface area (Å²) in [5.41, 5.74) is -0.676. The van der Waals surface area contributed by atoms with Crippen molar-refractivity contribution >= 4 is 11.7 Å². The number of ether oxygens (including phenoxy) is 2. The van der Waals surface area contributed by atoms with Gasteiger partial charge < -0.3 is 19.7 Å². The molecule has 1 aromatic rings. The van der Waals surface area contributed by atoms with Crippen molar-refractivity contribution in [1.29, 1.82) is 0 Å². The molecule has 1 unspecified atom stereocenters. The third kappa shape index (κ3) is 5.36. The Morgan fingerprint density at radius 1 is 1.38 bits per heavy atom. The number of non-ortho nitro benzene ring substituents is 1. The first-order valence-electron chi connectivity index (χ1n) is 6.25. The molecular formula is C13H17NO7. The van der Waals surface area contributed by atoms with Gasteiger partial charge in [0.05, 0.1) is 17.6 Å². The van der Waals surface area contributed by atoms with Gasteiger partial charge in [0.15, 0.2) is 0 Å². The lowest BCUT2D eigenvalue weighted by Gasteiger charge is -2.15. The number of aliphatic hydroxyl groups excluding tert-OH is 1. The van der Waals surface area contributed by atoms with Crippen LogP contribution in [0.2, 0.25) is 0 Å². The number of carboxylic acids is 1. The minimum atomic E-state index is -1.35. The summed E-state index contributed by atoms with van der Waals surface area (Å²) in [6.45, 7) is 3.50. The zero-order valence-corrected chi connectivity index (χ0v) is 11.7. The Balaban J connectivity index is 2.74. The number of hydrogen-bond acceptors (Lipinski definition) is 6. The molecule has 0 aromatic heterocycles. The van der Waals surface area contributed by atoms with E-state index in [9.17, 15) is 20.0 Å². The SMILES string of the molecule is CC(C)OCC(O)COc1ccc([N+](=O)[O-])cc1C(=O)O. The highest BCUT2D eigenvalue weighted by Gasteiger charge is 2.18. The Bertz CT molecular complexity index is 515. The first-order valence-corrected chi connectivity index (χ1v) is 6.25. The van der Waals surface area contributed by atoms with Crippen molar-refractivity contribution < 1.29 is 29.4 Å². The average molecular weight is 299 g/mol. The van der Waals surface area contributed by atoms with Crippen molar-refractivity contribution in [2.24, 2.45) is 0 Å². The number of carboxylic acid groups (broad SMARTS) is 1. The van der Waals surface area contributed by atoms with Crippen molar-refractivity contribution in [3.63, 3.8) is 0 Å². The van der Waals surface area contributed by atoms with Gasteiger partial charge in [0.1, 0.15) is 24.0 Å². The summed E-state index contributed by atoms with van der Waals surface area (Å²) < 4.78 is 10.4. The van der Waals surface area contributed by atoms with E-state index in [2.05, 4.69) is 0 Å². The smallest absolute Gasteiger partial charge is 0.339 e. The van der Waals surface area contributed by atoms with Gasteiger partial charge in [-0.2, -0.15) is 0 Å². The van der Waals surface area contributed by atoms with Crippen LogP contribution in [0.1, 0.15) is 24.2 Å². The van der Waals surface area contributed by atoms with Gasteiger partial charge in [0.2, 0.25) is 0 Å². The van der Waals surface area contributed by atoms with Crippen LogP contribution in [0.15, 0.2) is 18.2 Å². The van der Waals surface area contributed by atoms with E-state index in [1.807, 2.05) is 13.8 Å². The van der Waals surface area contributed by atoms with Gasteiger partial charge in [-0.15, -0.1) is 0 Å². The molecule has 0 heterocycles. The number of rotatable bonds is 8. The molecule has 0 aliphatic rings.